The lowest BCUT2D eigenvalue weighted by Crippen LogP contribution is -2.64. The van der Waals surface area contributed by atoms with E-state index in [2.05, 4.69) is 5.32 Å². The zero-order valence-electron chi connectivity index (χ0n) is 11.4. The molecule has 0 fully saturated rings. The molecule has 7 heteroatoms. The van der Waals surface area contributed by atoms with Crippen LogP contribution in [0.15, 0.2) is 35.9 Å². The highest BCUT2D eigenvalue weighted by atomic mass is 32.1. The molecule has 7 N–H and O–H groups in total. The Kier molecular flexibility index (Phi) is 3.80. The molecule has 2 rings (SSSR count). The SMILES string of the molecule is Cc1cccc(C2(C(N)=O)C=C(C(N)=O)C(=S)NC2N)c1. The number of hydrogen-bond acceptors (Lipinski definition) is 4. The van der Waals surface area contributed by atoms with Crippen LogP contribution in [0.5, 0.6) is 0 Å². The molecule has 2 unspecified atom stereocenters. The smallest absolute Gasteiger partial charge is 0.251 e. The molecule has 1 aliphatic heterocycles. The fourth-order valence-electron chi connectivity index (χ4n) is 2.43. The van der Waals surface area contributed by atoms with E-state index >= 15 is 0 Å². The van der Waals surface area contributed by atoms with Gasteiger partial charge < -0.3 is 22.5 Å². The Morgan fingerprint density at radius 3 is 2.52 bits per heavy atom. The van der Waals surface area contributed by atoms with E-state index < -0.39 is 23.4 Å². The minimum absolute atomic E-state index is 0.0343. The Morgan fingerprint density at radius 2 is 2.00 bits per heavy atom. The Bertz CT molecular complexity index is 671. The summed E-state index contributed by atoms with van der Waals surface area (Å²) in [5, 5.41) is 2.74. The molecule has 1 aromatic rings. The Hall–Kier alpha value is -2.25. The highest BCUT2D eigenvalue weighted by Gasteiger charge is 2.47. The maximum Gasteiger partial charge on any atom is 0.251 e. The summed E-state index contributed by atoms with van der Waals surface area (Å²) in [7, 11) is 0. The lowest BCUT2D eigenvalue weighted by Gasteiger charge is -2.39. The molecule has 0 aromatic heterocycles. The largest absolute Gasteiger partial charge is 0.369 e. The van der Waals surface area contributed by atoms with Crippen LogP contribution in [-0.2, 0) is 15.0 Å². The van der Waals surface area contributed by atoms with Gasteiger partial charge in [0.05, 0.1) is 11.7 Å². The summed E-state index contributed by atoms with van der Waals surface area (Å²) in [4.78, 5) is 23.8. The van der Waals surface area contributed by atoms with E-state index in [1.54, 1.807) is 18.2 Å². The molecule has 0 saturated heterocycles. The van der Waals surface area contributed by atoms with Crippen molar-refractivity contribution < 1.29 is 9.59 Å². The van der Waals surface area contributed by atoms with Crippen molar-refractivity contribution in [2.75, 3.05) is 0 Å². The predicted octanol–water partition coefficient (Wildman–Crippen LogP) is -0.655. The van der Waals surface area contributed by atoms with Crippen molar-refractivity contribution in [3.63, 3.8) is 0 Å². The molecule has 2 amide bonds. The summed E-state index contributed by atoms with van der Waals surface area (Å²) >= 11 is 5.03. The molecule has 0 spiro atoms. The number of primary amides is 2. The lowest BCUT2D eigenvalue weighted by molar-refractivity contribution is -0.122. The van der Waals surface area contributed by atoms with Gasteiger partial charge in [-0.05, 0) is 18.6 Å². The summed E-state index contributed by atoms with van der Waals surface area (Å²) < 4.78 is 0. The van der Waals surface area contributed by atoms with Gasteiger partial charge >= 0.3 is 0 Å². The van der Waals surface area contributed by atoms with Crippen molar-refractivity contribution in [3.8, 4) is 0 Å². The number of nitrogens with two attached hydrogens (primary N) is 3. The average Bonchev–Trinajstić information content (AvgIpc) is 2.38. The molecule has 0 aliphatic carbocycles. The first-order valence-corrected chi connectivity index (χ1v) is 6.66. The number of nitrogens with one attached hydrogen (secondary N) is 1. The quantitative estimate of drug-likeness (QED) is 0.552. The second-order valence-corrected chi connectivity index (χ2v) is 5.38. The van der Waals surface area contributed by atoms with Gasteiger partial charge in [0.2, 0.25) is 5.91 Å². The Labute approximate surface area is 127 Å². The third-order valence-electron chi connectivity index (χ3n) is 3.56. The van der Waals surface area contributed by atoms with Crippen molar-refractivity contribution >= 4 is 29.0 Å². The van der Waals surface area contributed by atoms with Crippen LogP contribution in [0.4, 0.5) is 0 Å². The summed E-state index contributed by atoms with van der Waals surface area (Å²) in [6.45, 7) is 1.88. The first kappa shape index (κ1) is 15.1. The first-order chi connectivity index (χ1) is 9.79. The number of carbonyl (C=O) groups excluding carboxylic acids is 2. The van der Waals surface area contributed by atoms with Gasteiger partial charge in [-0.1, -0.05) is 42.0 Å². The van der Waals surface area contributed by atoms with Gasteiger partial charge in [0.1, 0.15) is 10.4 Å². The van der Waals surface area contributed by atoms with Gasteiger partial charge in [0.15, 0.2) is 0 Å². The summed E-state index contributed by atoms with van der Waals surface area (Å²) in [6, 6.07) is 7.18. The molecule has 0 saturated carbocycles. The number of rotatable bonds is 3. The van der Waals surface area contributed by atoms with E-state index in [0.717, 1.165) is 5.56 Å². The van der Waals surface area contributed by atoms with Crippen LogP contribution in [0.1, 0.15) is 11.1 Å². The van der Waals surface area contributed by atoms with Gasteiger partial charge in [0.25, 0.3) is 5.91 Å². The predicted molar refractivity (Wildman–Crippen MR) is 83.0 cm³/mol. The van der Waals surface area contributed by atoms with Crippen molar-refractivity contribution in [1.82, 2.24) is 5.32 Å². The van der Waals surface area contributed by atoms with E-state index in [4.69, 9.17) is 29.4 Å². The molecular weight excluding hydrogens is 288 g/mol. The molecule has 1 heterocycles. The van der Waals surface area contributed by atoms with Gasteiger partial charge in [0, 0.05) is 0 Å². The molecular formula is C14H16N4O2S. The van der Waals surface area contributed by atoms with Gasteiger partial charge in [-0.3, -0.25) is 9.59 Å². The number of hydrogen-bond donors (Lipinski definition) is 4. The topological polar surface area (TPSA) is 124 Å². The third-order valence-corrected chi connectivity index (χ3v) is 3.90. The number of aryl methyl sites for hydroxylation is 1. The Balaban J connectivity index is 2.74. The second kappa shape index (κ2) is 5.27. The molecule has 0 radical (unpaired) electrons. The van der Waals surface area contributed by atoms with Crippen molar-refractivity contribution in [2.24, 2.45) is 17.2 Å². The maximum atomic E-state index is 12.1. The van der Waals surface area contributed by atoms with Crippen LogP contribution < -0.4 is 22.5 Å². The molecule has 1 aliphatic rings. The van der Waals surface area contributed by atoms with Crippen molar-refractivity contribution in [3.05, 3.63) is 47.0 Å². The third kappa shape index (κ3) is 2.41. The number of thiocarbonyl (C=S) groups is 1. The second-order valence-electron chi connectivity index (χ2n) is 4.98. The van der Waals surface area contributed by atoms with E-state index in [1.165, 1.54) is 6.08 Å². The summed E-state index contributed by atoms with van der Waals surface area (Å²) in [6.07, 6.45) is 0.489. The highest BCUT2D eigenvalue weighted by molar-refractivity contribution is 7.80. The molecule has 0 bridgehead atoms. The normalized spacial score (nSPS) is 25.0. The van der Waals surface area contributed by atoms with E-state index in [1.807, 2.05) is 13.0 Å². The van der Waals surface area contributed by atoms with Gasteiger partial charge in [-0.15, -0.1) is 0 Å². The van der Waals surface area contributed by atoms with Gasteiger partial charge in [-0.25, -0.2) is 0 Å². The van der Waals surface area contributed by atoms with E-state index in [-0.39, 0.29) is 10.6 Å². The maximum absolute atomic E-state index is 12.1. The minimum Gasteiger partial charge on any atom is -0.369 e. The van der Waals surface area contributed by atoms with Crippen LogP contribution >= 0.6 is 12.2 Å². The van der Waals surface area contributed by atoms with Crippen LogP contribution in [0.3, 0.4) is 0 Å². The molecule has 110 valence electrons. The fourth-order valence-corrected chi connectivity index (χ4v) is 2.72. The summed E-state index contributed by atoms with van der Waals surface area (Å²) in [5.74, 6) is -1.42. The zero-order chi connectivity index (χ0) is 15.8. The number of amides is 2. The highest BCUT2D eigenvalue weighted by Crippen LogP contribution is 2.32. The van der Waals surface area contributed by atoms with Crippen LogP contribution in [0, 0.1) is 6.92 Å². The van der Waals surface area contributed by atoms with Gasteiger partial charge in [-0.2, -0.15) is 0 Å². The first-order valence-electron chi connectivity index (χ1n) is 6.25. The summed E-state index contributed by atoms with van der Waals surface area (Å²) in [5.41, 5.74) is 17.1. The van der Waals surface area contributed by atoms with Crippen LogP contribution in [0.25, 0.3) is 0 Å². The molecule has 6 nitrogen and oxygen atoms in total. The standard InChI is InChI=1S/C14H16N4O2S/c1-7-3-2-4-8(5-7)14(13(17)20)6-9(10(15)19)11(21)18-12(14)16/h2-6,12H,16H2,1H3,(H2,15,19)(H2,17,20)(H,18,21). The Morgan fingerprint density at radius 1 is 1.33 bits per heavy atom. The monoisotopic (exact) mass is 304 g/mol. The molecule has 1 aromatic carbocycles. The van der Waals surface area contributed by atoms with Crippen molar-refractivity contribution in [2.45, 2.75) is 18.5 Å². The molecule has 2 atom stereocenters. The van der Waals surface area contributed by atoms with Crippen LogP contribution in [0.2, 0.25) is 0 Å². The van der Waals surface area contributed by atoms with E-state index in [0.29, 0.717) is 5.56 Å². The fraction of sp³-hybridized carbons (Fsp3) is 0.214. The number of carbonyl (C=O) groups is 2. The lowest BCUT2D eigenvalue weighted by atomic mass is 9.73. The van der Waals surface area contributed by atoms with E-state index in [9.17, 15) is 9.59 Å². The number of benzene rings is 1. The zero-order valence-corrected chi connectivity index (χ0v) is 12.2. The molecule has 21 heavy (non-hydrogen) atoms. The minimum atomic E-state index is -1.39. The average molecular weight is 304 g/mol. The van der Waals surface area contributed by atoms with Crippen molar-refractivity contribution in [1.29, 1.82) is 0 Å². The van der Waals surface area contributed by atoms with Crippen LogP contribution in [-0.4, -0.2) is 23.0 Å².